The molecule has 0 radical (unpaired) electrons. The molecule has 0 bridgehead atoms. The van der Waals surface area contributed by atoms with Crippen LogP contribution in [0.2, 0.25) is 0 Å². The Kier molecular flexibility index (Phi) is 6.30. The summed E-state index contributed by atoms with van der Waals surface area (Å²) in [5.41, 5.74) is 0.395. The summed E-state index contributed by atoms with van der Waals surface area (Å²) in [4.78, 5) is 48.2. The van der Waals surface area contributed by atoms with Crippen LogP contribution in [0.1, 0.15) is 48.0 Å². The molecule has 0 saturated heterocycles. The number of nitrogens with one attached hydrogen (secondary N) is 3. The predicted octanol–water partition coefficient (Wildman–Crippen LogP) is 0.998. The van der Waals surface area contributed by atoms with Crippen LogP contribution in [0.4, 0.5) is 4.79 Å². The Morgan fingerprint density at radius 1 is 1.32 bits per heavy atom. The van der Waals surface area contributed by atoms with Crippen molar-refractivity contribution in [3.05, 3.63) is 23.5 Å². The quantitative estimate of drug-likeness (QED) is 0.535. The summed E-state index contributed by atoms with van der Waals surface area (Å²) in [5, 5.41) is 4.59. The molecule has 1 heterocycles. The van der Waals surface area contributed by atoms with Gasteiger partial charge in [0.25, 0.3) is 5.91 Å². The Morgan fingerprint density at radius 2 is 2.00 bits per heavy atom. The third-order valence-electron chi connectivity index (χ3n) is 2.89. The number of Topliss-reactive ketones (excluding diaryl/α,β-unsaturated/α-hetero) is 1. The van der Waals surface area contributed by atoms with Gasteiger partial charge in [0.2, 0.25) is 0 Å². The highest BCUT2D eigenvalue weighted by molar-refractivity contribution is 5.99. The summed E-state index contributed by atoms with van der Waals surface area (Å²) in [6, 6.07) is 0.617. The SMILES string of the molecule is CC[C@@H](C)NC(=O)NC(=O)COC(=O)c1cc(C(C)=O)c[nH]1. The van der Waals surface area contributed by atoms with E-state index in [4.69, 9.17) is 4.74 Å². The molecule has 0 saturated carbocycles. The van der Waals surface area contributed by atoms with E-state index >= 15 is 0 Å². The zero-order valence-corrected chi connectivity index (χ0v) is 12.7. The normalized spacial score (nSPS) is 11.4. The van der Waals surface area contributed by atoms with Crippen molar-refractivity contribution in [3.63, 3.8) is 0 Å². The molecular weight excluding hydrogens is 290 g/mol. The Labute approximate surface area is 127 Å². The van der Waals surface area contributed by atoms with Gasteiger partial charge >= 0.3 is 12.0 Å². The molecule has 3 N–H and O–H groups in total. The lowest BCUT2D eigenvalue weighted by Gasteiger charge is -2.11. The number of H-pyrrole nitrogens is 1. The topological polar surface area (TPSA) is 117 Å². The first kappa shape index (κ1) is 17.4. The maximum Gasteiger partial charge on any atom is 0.355 e. The highest BCUT2D eigenvalue weighted by atomic mass is 16.5. The predicted molar refractivity (Wildman–Crippen MR) is 77.5 cm³/mol. The van der Waals surface area contributed by atoms with Gasteiger partial charge in [-0.15, -0.1) is 0 Å². The standard InChI is InChI=1S/C14H19N3O5/c1-4-8(2)16-14(21)17-12(19)7-22-13(20)11-5-10(6-15-11)9(3)18/h5-6,8,15H,4,7H2,1-3H3,(H2,16,17,19,21)/t8-/m1/s1. The number of hydrogen-bond acceptors (Lipinski definition) is 5. The molecule has 8 nitrogen and oxygen atoms in total. The van der Waals surface area contributed by atoms with Gasteiger partial charge in [0.05, 0.1) is 0 Å². The van der Waals surface area contributed by atoms with Crippen LogP contribution in [0.25, 0.3) is 0 Å². The van der Waals surface area contributed by atoms with Crippen molar-refractivity contribution in [2.75, 3.05) is 6.61 Å². The van der Waals surface area contributed by atoms with Crippen molar-refractivity contribution < 1.29 is 23.9 Å². The number of carbonyl (C=O) groups excluding carboxylic acids is 4. The lowest BCUT2D eigenvalue weighted by Crippen LogP contribution is -2.44. The highest BCUT2D eigenvalue weighted by Crippen LogP contribution is 2.05. The second-order valence-corrected chi connectivity index (χ2v) is 4.77. The number of esters is 1. The molecule has 1 aromatic rings. The molecule has 0 aliphatic heterocycles. The number of carbonyl (C=O) groups is 4. The largest absolute Gasteiger partial charge is 0.451 e. The van der Waals surface area contributed by atoms with Gasteiger partial charge in [-0.3, -0.25) is 14.9 Å². The third-order valence-corrected chi connectivity index (χ3v) is 2.89. The number of ether oxygens (including phenoxy) is 1. The van der Waals surface area contributed by atoms with Crippen LogP contribution in [0.15, 0.2) is 12.3 Å². The number of imide groups is 1. The summed E-state index contributed by atoms with van der Waals surface area (Å²) in [6.07, 6.45) is 2.10. The molecule has 120 valence electrons. The van der Waals surface area contributed by atoms with E-state index in [1.807, 2.05) is 12.2 Å². The number of rotatable bonds is 6. The number of amides is 3. The summed E-state index contributed by atoms with van der Waals surface area (Å²) < 4.78 is 4.74. The molecular formula is C14H19N3O5. The van der Waals surface area contributed by atoms with Gasteiger partial charge in [-0.1, -0.05) is 6.92 Å². The molecule has 0 aromatic carbocycles. The van der Waals surface area contributed by atoms with Crippen LogP contribution in [-0.4, -0.2) is 41.3 Å². The average Bonchev–Trinajstić information content (AvgIpc) is 2.94. The van der Waals surface area contributed by atoms with Crippen LogP contribution in [0.5, 0.6) is 0 Å². The van der Waals surface area contributed by atoms with Gasteiger partial charge in [0.1, 0.15) is 5.69 Å². The van der Waals surface area contributed by atoms with E-state index < -0.39 is 24.5 Å². The van der Waals surface area contributed by atoms with Crippen molar-refractivity contribution in [3.8, 4) is 0 Å². The number of aromatic nitrogens is 1. The van der Waals surface area contributed by atoms with E-state index in [-0.39, 0.29) is 17.5 Å². The van der Waals surface area contributed by atoms with E-state index in [0.717, 1.165) is 6.42 Å². The molecule has 0 unspecified atom stereocenters. The molecule has 1 rings (SSSR count). The van der Waals surface area contributed by atoms with Gasteiger partial charge in [-0.05, 0) is 26.3 Å². The Morgan fingerprint density at radius 3 is 2.55 bits per heavy atom. The molecule has 1 aromatic heterocycles. The van der Waals surface area contributed by atoms with Crippen molar-refractivity contribution in [1.29, 1.82) is 0 Å². The molecule has 3 amide bonds. The fourth-order valence-electron chi connectivity index (χ4n) is 1.45. The number of aromatic amines is 1. The van der Waals surface area contributed by atoms with Crippen molar-refractivity contribution in [2.24, 2.45) is 0 Å². The van der Waals surface area contributed by atoms with E-state index in [1.165, 1.54) is 19.2 Å². The Balaban J connectivity index is 2.41. The summed E-state index contributed by atoms with van der Waals surface area (Å²) in [6.45, 7) is 4.45. The molecule has 0 spiro atoms. The Hall–Kier alpha value is -2.64. The third kappa shape index (κ3) is 5.39. The first-order chi connectivity index (χ1) is 10.3. The van der Waals surface area contributed by atoms with E-state index in [0.29, 0.717) is 5.56 Å². The number of urea groups is 1. The fraction of sp³-hybridized carbons (Fsp3) is 0.429. The highest BCUT2D eigenvalue weighted by Gasteiger charge is 2.15. The zero-order valence-electron chi connectivity index (χ0n) is 12.7. The van der Waals surface area contributed by atoms with Gasteiger partial charge < -0.3 is 15.0 Å². The van der Waals surface area contributed by atoms with Crippen LogP contribution in [0, 0.1) is 0 Å². The van der Waals surface area contributed by atoms with Crippen LogP contribution < -0.4 is 10.6 Å². The van der Waals surface area contributed by atoms with Crippen molar-refractivity contribution in [2.45, 2.75) is 33.2 Å². The van der Waals surface area contributed by atoms with Crippen LogP contribution in [-0.2, 0) is 9.53 Å². The van der Waals surface area contributed by atoms with Gasteiger partial charge in [-0.25, -0.2) is 9.59 Å². The minimum Gasteiger partial charge on any atom is -0.451 e. The lowest BCUT2D eigenvalue weighted by molar-refractivity contribution is -0.123. The number of hydrogen-bond donors (Lipinski definition) is 3. The van der Waals surface area contributed by atoms with Gasteiger partial charge in [0.15, 0.2) is 12.4 Å². The first-order valence-electron chi connectivity index (χ1n) is 6.80. The van der Waals surface area contributed by atoms with Crippen LogP contribution >= 0.6 is 0 Å². The van der Waals surface area contributed by atoms with Gasteiger partial charge in [-0.2, -0.15) is 0 Å². The zero-order chi connectivity index (χ0) is 16.7. The first-order valence-corrected chi connectivity index (χ1v) is 6.80. The second-order valence-electron chi connectivity index (χ2n) is 4.77. The summed E-state index contributed by atoms with van der Waals surface area (Å²) >= 11 is 0. The van der Waals surface area contributed by atoms with E-state index in [1.54, 1.807) is 6.92 Å². The van der Waals surface area contributed by atoms with E-state index in [9.17, 15) is 19.2 Å². The van der Waals surface area contributed by atoms with E-state index in [2.05, 4.69) is 10.3 Å². The average molecular weight is 309 g/mol. The maximum atomic E-state index is 11.6. The maximum absolute atomic E-state index is 11.6. The molecule has 1 atom stereocenters. The lowest BCUT2D eigenvalue weighted by atomic mass is 10.2. The second kappa shape index (κ2) is 7.96. The smallest absolute Gasteiger partial charge is 0.355 e. The van der Waals surface area contributed by atoms with Crippen LogP contribution in [0.3, 0.4) is 0 Å². The van der Waals surface area contributed by atoms with Crippen molar-refractivity contribution in [1.82, 2.24) is 15.6 Å². The summed E-state index contributed by atoms with van der Waals surface area (Å²) in [5.74, 6) is -1.73. The molecule has 0 aliphatic rings. The van der Waals surface area contributed by atoms with Crippen molar-refractivity contribution >= 4 is 23.7 Å². The summed E-state index contributed by atoms with van der Waals surface area (Å²) in [7, 11) is 0. The molecule has 8 heteroatoms. The van der Waals surface area contributed by atoms with Gasteiger partial charge in [0, 0.05) is 17.8 Å². The monoisotopic (exact) mass is 309 g/mol. The minimum atomic E-state index is -0.787. The minimum absolute atomic E-state index is 0.0575. The molecule has 0 aliphatic carbocycles. The fourth-order valence-corrected chi connectivity index (χ4v) is 1.45. The molecule has 0 fully saturated rings. The molecule has 22 heavy (non-hydrogen) atoms. The number of ketones is 1. The Bertz CT molecular complexity index is 579.